The number of nitrogens with one attached hydrogen (secondary N) is 2. The van der Waals surface area contributed by atoms with Crippen molar-refractivity contribution < 1.29 is 4.79 Å². The quantitative estimate of drug-likeness (QED) is 0.872. The predicted octanol–water partition coefficient (Wildman–Crippen LogP) is 1.88. The van der Waals surface area contributed by atoms with E-state index in [9.17, 15) is 4.79 Å². The van der Waals surface area contributed by atoms with Gasteiger partial charge in [-0.3, -0.25) is 4.79 Å². The van der Waals surface area contributed by atoms with Crippen LogP contribution in [-0.4, -0.2) is 25.0 Å². The van der Waals surface area contributed by atoms with Crippen LogP contribution in [0, 0.1) is 11.8 Å². The number of rotatable bonds is 2. The summed E-state index contributed by atoms with van der Waals surface area (Å²) in [6.45, 7) is 2.12. The van der Waals surface area contributed by atoms with Gasteiger partial charge in [-0.15, -0.1) is 23.7 Å². The van der Waals surface area contributed by atoms with Crippen molar-refractivity contribution in [1.82, 2.24) is 10.6 Å². The number of carbonyl (C=O) groups is 1. The molecule has 88 valence electrons. The summed E-state index contributed by atoms with van der Waals surface area (Å²) >= 11 is 4.84. The fourth-order valence-electron chi connectivity index (χ4n) is 2.29. The number of halogens is 2. The number of hydrogen-bond donors (Lipinski definition) is 2. The van der Waals surface area contributed by atoms with Gasteiger partial charge < -0.3 is 10.6 Å². The van der Waals surface area contributed by atoms with E-state index in [1.807, 2.05) is 12.1 Å². The molecule has 2 N–H and O–H groups in total. The van der Waals surface area contributed by atoms with Crippen molar-refractivity contribution in [3.05, 3.63) is 20.8 Å². The molecule has 0 spiro atoms. The molecule has 1 aliphatic heterocycles. The lowest BCUT2D eigenvalue weighted by Crippen LogP contribution is -2.32. The lowest BCUT2D eigenvalue weighted by atomic mass is 10.4. The number of amides is 1. The number of piperidine rings is 1. The van der Waals surface area contributed by atoms with Crippen molar-refractivity contribution in [1.29, 1.82) is 0 Å². The molecule has 2 atom stereocenters. The third-order valence-electron chi connectivity index (χ3n) is 3.19. The summed E-state index contributed by atoms with van der Waals surface area (Å²) in [6, 6.07) is 4.19. The van der Waals surface area contributed by atoms with Crippen LogP contribution in [0.2, 0.25) is 0 Å². The van der Waals surface area contributed by atoms with Crippen molar-refractivity contribution in [3.8, 4) is 0 Å². The largest absolute Gasteiger partial charge is 0.348 e. The normalized spacial score (nSPS) is 30.4. The fraction of sp³-hybridized carbons (Fsp3) is 0.500. The summed E-state index contributed by atoms with van der Waals surface area (Å²) in [5.41, 5.74) is 0. The molecule has 1 saturated heterocycles. The first kappa shape index (κ1) is 12.4. The first-order valence-corrected chi connectivity index (χ1v) is 6.63. The van der Waals surface area contributed by atoms with Crippen LogP contribution in [0.25, 0.3) is 0 Å². The first-order valence-electron chi connectivity index (χ1n) is 5.02. The van der Waals surface area contributed by atoms with Crippen LogP contribution in [-0.2, 0) is 0 Å². The van der Waals surface area contributed by atoms with Gasteiger partial charge in [0.1, 0.15) is 0 Å². The monoisotopic (exact) mass is 322 g/mol. The molecular weight excluding hydrogens is 312 g/mol. The van der Waals surface area contributed by atoms with Crippen molar-refractivity contribution in [2.75, 3.05) is 13.1 Å². The van der Waals surface area contributed by atoms with Gasteiger partial charge in [0.25, 0.3) is 5.91 Å². The Balaban J connectivity index is 0.000000963. The van der Waals surface area contributed by atoms with Crippen molar-refractivity contribution in [2.45, 2.75) is 6.04 Å². The van der Waals surface area contributed by atoms with Crippen molar-refractivity contribution in [3.63, 3.8) is 0 Å². The van der Waals surface area contributed by atoms with Gasteiger partial charge in [0.2, 0.25) is 0 Å². The minimum absolute atomic E-state index is 0. The molecular formula is C10H12BrClN2OS. The zero-order valence-corrected chi connectivity index (χ0v) is 11.6. The lowest BCUT2D eigenvalue weighted by molar-refractivity contribution is 0.0950. The summed E-state index contributed by atoms with van der Waals surface area (Å²) in [4.78, 5) is 12.6. The molecule has 2 heterocycles. The Hall–Kier alpha value is -0.100. The fourth-order valence-corrected chi connectivity index (χ4v) is 3.58. The van der Waals surface area contributed by atoms with Gasteiger partial charge >= 0.3 is 0 Å². The highest BCUT2D eigenvalue weighted by atomic mass is 79.9. The maximum atomic E-state index is 11.8. The van der Waals surface area contributed by atoms with Gasteiger partial charge in [-0.05, 0) is 39.9 Å². The molecule has 1 aromatic heterocycles. The number of hydrogen-bond acceptors (Lipinski definition) is 3. The van der Waals surface area contributed by atoms with Gasteiger partial charge in [0, 0.05) is 19.1 Å². The molecule has 0 bridgehead atoms. The van der Waals surface area contributed by atoms with Gasteiger partial charge in [-0.2, -0.15) is 0 Å². The second-order valence-corrected chi connectivity index (χ2v) is 6.55. The minimum atomic E-state index is 0. The third-order valence-corrected chi connectivity index (χ3v) is 4.81. The summed E-state index contributed by atoms with van der Waals surface area (Å²) in [6.07, 6.45) is 0. The van der Waals surface area contributed by atoms with E-state index in [2.05, 4.69) is 26.6 Å². The molecule has 3 rings (SSSR count). The molecule has 3 nitrogen and oxygen atoms in total. The predicted molar refractivity (Wildman–Crippen MR) is 70.4 cm³/mol. The van der Waals surface area contributed by atoms with Crippen LogP contribution < -0.4 is 10.6 Å². The average molecular weight is 324 g/mol. The van der Waals surface area contributed by atoms with E-state index in [4.69, 9.17) is 0 Å². The molecule has 0 radical (unpaired) electrons. The maximum Gasteiger partial charge on any atom is 0.261 e. The molecule has 2 fully saturated rings. The summed E-state index contributed by atoms with van der Waals surface area (Å²) in [7, 11) is 0. The van der Waals surface area contributed by atoms with E-state index in [0.717, 1.165) is 21.8 Å². The topological polar surface area (TPSA) is 41.1 Å². The highest BCUT2D eigenvalue weighted by Gasteiger charge is 2.53. The number of carbonyl (C=O) groups excluding carboxylic acids is 1. The van der Waals surface area contributed by atoms with E-state index < -0.39 is 0 Å². The highest BCUT2D eigenvalue weighted by molar-refractivity contribution is 9.11. The molecule has 16 heavy (non-hydrogen) atoms. The summed E-state index contributed by atoms with van der Waals surface area (Å²) in [5.74, 6) is 1.43. The van der Waals surface area contributed by atoms with Gasteiger partial charge in [0.05, 0.1) is 8.66 Å². The Morgan fingerprint density at radius 1 is 1.44 bits per heavy atom. The van der Waals surface area contributed by atoms with Crippen LogP contribution in [0.1, 0.15) is 9.67 Å². The average Bonchev–Trinajstić information content (AvgIpc) is 2.66. The van der Waals surface area contributed by atoms with Gasteiger partial charge in [-0.1, -0.05) is 0 Å². The molecule has 1 amide bonds. The van der Waals surface area contributed by atoms with Crippen LogP contribution in [0.5, 0.6) is 0 Å². The zero-order valence-electron chi connectivity index (χ0n) is 8.40. The molecule has 1 aromatic rings. The van der Waals surface area contributed by atoms with Crippen LogP contribution >= 0.6 is 39.7 Å². The molecule has 1 aliphatic carbocycles. The van der Waals surface area contributed by atoms with Crippen molar-refractivity contribution in [2.24, 2.45) is 11.8 Å². The maximum absolute atomic E-state index is 11.8. The summed E-state index contributed by atoms with van der Waals surface area (Å²) < 4.78 is 1.00. The van der Waals surface area contributed by atoms with E-state index in [1.54, 1.807) is 0 Å². The SMILES string of the molecule is Cl.O=C(NC1C2CNCC21)c1ccc(Br)s1. The van der Waals surface area contributed by atoms with Crippen LogP contribution in [0.4, 0.5) is 0 Å². The molecule has 0 aromatic carbocycles. The van der Waals surface area contributed by atoms with Gasteiger partial charge in [0.15, 0.2) is 0 Å². The Labute approximate surface area is 113 Å². The Morgan fingerprint density at radius 2 is 2.12 bits per heavy atom. The van der Waals surface area contributed by atoms with Gasteiger partial charge in [-0.25, -0.2) is 0 Å². The highest BCUT2D eigenvalue weighted by Crippen LogP contribution is 2.41. The van der Waals surface area contributed by atoms with Crippen LogP contribution in [0.3, 0.4) is 0 Å². The Bertz CT molecular complexity index is 401. The van der Waals surface area contributed by atoms with Crippen molar-refractivity contribution >= 4 is 45.6 Å². The standard InChI is InChI=1S/C10H11BrN2OS.ClH/c11-8-2-1-7(15-8)10(14)13-9-5-3-12-4-6(5)9;/h1-2,5-6,9,12H,3-4H2,(H,13,14);1H. The smallest absolute Gasteiger partial charge is 0.261 e. The van der Waals surface area contributed by atoms with E-state index >= 15 is 0 Å². The second kappa shape index (κ2) is 4.64. The van der Waals surface area contributed by atoms with E-state index in [1.165, 1.54) is 11.3 Å². The van der Waals surface area contributed by atoms with E-state index in [0.29, 0.717) is 17.9 Å². The number of thiophene rings is 1. The molecule has 6 heteroatoms. The van der Waals surface area contributed by atoms with E-state index in [-0.39, 0.29) is 18.3 Å². The Kier molecular flexibility index (Phi) is 3.59. The minimum Gasteiger partial charge on any atom is -0.348 e. The summed E-state index contributed by atoms with van der Waals surface area (Å²) in [5, 5.41) is 6.41. The Morgan fingerprint density at radius 3 is 2.69 bits per heavy atom. The molecule has 1 saturated carbocycles. The third kappa shape index (κ3) is 2.14. The number of fused-ring (bicyclic) bond motifs is 1. The zero-order chi connectivity index (χ0) is 10.4. The van der Waals surface area contributed by atoms with Crippen LogP contribution in [0.15, 0.2) is 15.9 Å². The lowest BCUT2D eigenvalue weighted by Gasteiger charge is -2.05. The second-order valence-electron chi connectivity index (χ2n) is 4.09. The first-order chi connectivity index (χ1) is 7.25. The molecule has 2 unspecified atom stereocenters. The molecule has 2 aliphatic rings.